The number of nitrogens with one attached hydrogen (secondary N) is 1. The Hall–Kier alpha value is -1.62. The molecular formula is C14H20FN3O. The molecule has 0 aromatic heterocycles. The zero-order valence-electron chi connectivity index (χ0n) is 11.3. The fourth-order valence-electron chi connectivity index (χ4n) is 1.93. The molecule has 1 fully saturated rings. The highest BCUT2D eigenvalue weighted by Gasteiger charge is 2.27. The van der Waals surface area contributed by atoms with E-state index in [-0.39, 0.29) is 17.6 Å². The van der Waals surface area contributed by atoms with Crippen LogP contribution in [0.1, 0.15) is 19.8 Å². The topological polar surface area (TPSA) is 58.4 Å². The molecule has 0 saturated heterocycles. The standard InChI is InChI=1S/C14H20FN3O/c1-9(18(2)8-10-3-4-10)14(19)17-11-5-6-12(15)13(16)7-11/h5-7,9-10H,3-4,8,16H2,1-2H3,(H,17,19). The van der Waals surface area contributed by atoms with Crippen molar-refractivity contribution in [3.8, 4) is 0 Å². The van der Waals surface area contributed by atoms with E-state index in [1.165, 1.54) is 31.0 Å². The number of carbonyl (C=O) groups excluding carboxylic acids is 1. The summed E-state index contributed by atoms with van der Waals surface area (Å²) in [6, 6.07) is 3.98. The Kier molecular flexibility index (Phi) is 4.04. The second kappa shape index (κ2) is 5.57. The summed E-state index contributed by atoms with van der Waals surface area (Å²) < 4.78 is 13.0. The van der Waals surface area contributed by atoms with Crippen molar-refractivity contribution in [2.75, 3.05) is 24.6 Å². The normalized spacial score (nSPS) is 16.4. The summed E-state index contributed by atoms with van der Waals surface area (Å²) in [5.74, 6) is 0.160. The highest BCUT2D eigenvalue weighted by atomic mass is 19.1. The maximum absolute atomic E-state index is 13.0. The Morgan fingerprint density at radius 1 is 1.58 bits per heavy atom. The molecule has 0 spiro atoms. The average molecular weight is 265 g/mol. The predicted octanol–water partition coefficient (Wildman–Crippen LogP) is 2.08. The molecule has 104 valence electrons. The lowest BCUT2D eigenvalue weighted by molar-refractivity contribution is -0.120. The molecule has 4 nitrogen and oxygen atoms in total. The van der Waals surface area contributed by atoms with Crippen molar-refractivity contribution < 1.29 is 9.18 Å². The summed E-state index contributed by atoms with van der Waals surface area (Å²) >= 11 is 0. The molecule has 0 radical (unpaired) electrons. The Labute approximate surface area is 112 Å². The quantitative estimate of drug-likeness (QED) is 0.801. The Morgan fingerprint density at radius 2 is 2.26 bits per heavy atom. The number of nitrogens with zero attached hydrogens (tertiary/aromatic N) is 1. The van der Waals surface area contributed by atoms with Gasteiger partial charge in [-0.1, -0.05) is 0 Å². The van der Waals surface area contributed by atoms with Gasteiger partial charge < -0.3 is 11.1 Å². The molecule has 0 heterocycles. The van der Waals surface area contributed by atoms with Gasteiger partial charge in [0.15, 0.2) is 0 Å². The molecule has 1 aromatic carbocycles. The van der Waals surface area contributed by atoms with Crippen molar-refractivity contribution in [3.63, 3.8) is 0 Å². The Bertz CT molecular complexity index is 474. The fourth-order valence-corrected chi connectivity index (χ4v) is 1.93. The number of nitrogen functional groups attached to an aromatic ring is 1. The van der Waals surface area contributed by atoms with Crippen molar-refractivity contribution in [2.45, 2.75) is 25.8 Å². The van der Waals surface area contributed by atoms with Crippen molar-refractivity contribution in [1.29, 1.82) is 0 Å². The Balaban J connectivity index is 1.93. The van der Waals surface area contributed by atoms with Gasteiger partial charge in [0, 0.05) is 12.2 Å². The molecular weight excluding hydrogens is 245 g/mol. The van der Waals surface area contributed by atoms with E-state index >= 15 is 0 Å². The highest BCUT2D eigenvalue weighted by Crippen LogP contribution is 2.29. The molecule has 0 aliphatic heterocycles. The van der Waals surface area contributed by atoms with Gasteiger partial charge in [0.05, 0.1) is 11.7 Å². The summed E-state index contributed by atoms with van der Waals surface area (Å²) in [6.07, 6.45) is 2.51. The maximum Gasteiger partial charge on any atom is 0.241 e. The van der Waals surface area contributed by atoms with Crippen molar-refractivity contribution in [1.82, 2.24) is 4.90 Å². The van der Waals surface area contributed by atoms with Crippen LogP contribution in [-0.4, -0.2) is 30.4 Å². The minimum absolute atomic E-state index is 0.0387. The maximum atomic E-state index is 13.0. The van der Waals surface area contributed by atoms with Crippen LogP contribution in [0.5, 0.6) is 0 Å². The molecule has 1 amide bonds. The second-order valence-corrected chi connectivity index (χ2v) is 5.28. The van der Waals surface area contributed by atoms with E-state index in [0.717, 1.165) is 12.5 Å². The van der Waals surface area contributed by atoms with Gasteiger partial charge in [0.25, 0.3) is 0 Å². The summed E-state index contributed by atoms with van der Waals surface area (Å²) in [5, 5.41) is 2.76. The first-order chi connectivity index (χ1) is 8.97. The molecule has 1 saturated carbocycles. The van der Waals surface area contributed by atoms with E-state index in [1.54, 1.807) is 0 Å². The van der Waals surface area contributed by atoms with Crippen LogP contribution < -0.4 is 11.1 Å². The fraction of sp³-hybridized carbons (Fsp3) is 0.500. The first kappa shape index (κ1) is 13.8. The first-order valence-corrected chi connectivity index (χ1v) is 6.53. The van der Waals surface area contributed by atoms with Gasteiger partial charge in [-0.3, -0.25) is 9.69 Å². The van der Waals surface area contributed by atoms with Crippen LogP contribution in [0.3, 0.4) is 0 Å². The molecule has 1 unspecified atom stereocenters. The molecule has 2 rings (SSSR count). The van der Waals surface area contributed by atoms with E-state index < -0.39 is 5.82 Å². The highest BCUT2D eigenvalue weighted by molar-refractivity contribution is 5.94. The third-order valence-electron chi connectivity index (χ3n) is 3.55. The molecule has 3 N–H and O–H groups in total. The molecule has 0 bridgehead atoms. The van der Waals surface area contributed by atoms with E-state index in [4.69, 9.17) is 5.73 Å². The lowest BCUT2D eigenvalue weighted by Crippen LogP contribution is -2.40. The minimum Gasteiger partial charge on any atom is -0.396 e. The zero-order chi connectivity index (χ0) is 14.0. The van der Waals surface area contributed by atoms with Crippen molar-refractivity contribution in [3.05, 3.63) is 24.0 Å². The van der Waals surface area contributed by atoms with Gasteiger partial charge >= 0.3 is 0 Å². The van der Waals surface area contributed by atoms with Gasteiger partial charge in [0.1, 0.15) is 5.82 Å². The van der Waals surface area contributed by atoms with E-state index in [9.17, 15) is 9.18 Å². The Morgan fingerprint density at radius 3 is 2.84 bits per heavy atom. The number of hydrogen-bond acceptors (Lipinski definition) is 3. The largest absolute Gasteiger partial charge is 0.396 e. The smallest absolute Gasteiger partial charge is 0.241 e. The van der Waals surface area contributed by atoms with Gasteiger partial charge in [-0.05, 0) is 50.9 Å². The van der Waals surface area contributed by atoms with Crippen molar-refractivity contribution in [2.24, 2.45) is 5.92 Å². The summed E-state index contributed by atoms with van der Waals surface area (Å²) in [6.45, 7) is 2.81. The van der Waals surface area contributed by atoms with Crippen molar-refractivity contribution >= 4 is 17.3 Å². The summed E-state index contributed by atoms with van der Waals surface area (Å²) in [5.41, 5.74) is 6.03. The second-order valence-electron chi connectivity index (χ2n) is 5.28. The van der Waals surface area contributed by atoms with Crippen LogP contribution in [0.4, 0.5) is 15.8 Å². The van der Waals surface area contributed by atoms with E-state index in [0.29, 0.717) is 5.69 Å². The van der Waals surface area contributed by atoms with Gasteiger partial charge in [-0.25, -0.2) is 4.39 Å². The van der Waals surface area contributed by atoms with Gasteiger partial charge in [-0.2, -0.15) is 0 Å². The number of amides is 1. The van der Waals surface area contributed by atoms with Gasteiger partial charge in [0.2, 0.25) is 5.91 Å². The van der Waals surface area contributed by atoms with E-state index in [2.05, 4.69) is 5.32 Å². The number of halogens is 1. The van der Waals surface area contributed by atoms with Crippen LogP contribution in [-0.2, 0) is 4.79 Å². The number of carbonyl (C=O) groups is 1. The molecule has 1 atom stereocenters. The van der Waals surface area contributed by atoms with Crippen LogP contribution in [0.15, 0.2) is 18.2 Å². The van der Waals surface area contributed by atoms with Crippen LogP contribution in [0, 0.1) is 11.7 Å². The summed E-state index contributed by atoms with van der Waals surface area (Å²) in [4.78, 5) is 14.1. The monoisotopic (exact) mass is 265 g/mol. The average Bonchev–Trinajstić information content (AvgIpc) is 3.16. The third-order valence-corrected chi connectivity index (χ3v) is 3.55. The molecule has 19 heavy (non-hydrogen) atoms. The van der Waals surface area contributed by atoms with Crippen LogP contribution >= 0.6 is 0 Å². The molecule has 5 heteroatoms. The lowest BCUT2D eigenvalue weighted by atomic mass is 10.2. The number of anilines is 2. The number of benzene rings is 1. The zero-order valence-corrected chi connectivity index (χ0v) is 11.3. The molecule has 1 aromatic rings. The first-order valence-electron chi connectivity index (χ1n) is 6.53. The summed E-state index contributed by atoms with van der Waals surface area (Å²) in [7, 11) is 1.95. The molecule has 1 aliphatic carbocycles. The van der Waals surface area contributed by atoms with Crippen LogP contribution in [0.25, 0.3) is 0 Å². The van der Waals surface area contributed by atoms with Gasteiger partial charge in [-0.15, -0.1) is 0 Å². The number of likely N-dealkylation sites (N-methyl/N-ethyl adjacent to an activating group) is 1. The molecule has 1 aliphatic rings. The number of hydrogen-bond donors (Lipinski definition) is 2. The predicted molar refractivity (Wildman–Crippen MR) is 74.3 cm³/mol. The number of nitrogens with two attached hydrogens (primary N) is 1. The minimum atomic E-state index is -0.475. The van der Waals surface area contributed by atoms with E-state index in [1.807, 2.05) is 18.9 Å². The number of rotatable bonds is 5. The lowest BCUT2D eigenvalue weighted by Gasteiger charge is -2.23. The SMILES string of the molecule is CC(C(=O)Nc1ccc(F)c(N)c1)N(C)CC1CC1. The van der Waals surface area contributed by atoms with Crippen LogP contribution in [0.2, 0.25) is 0 Å². The third kappa shape index (κ3) is 3.67.